The number of halogens is 1. The third-order valence-corrected chi connectivity index (χ3v) is 8.37. The van der Waals surface area contributed by atoms with Gasteiger partial charge in [-0.1, -0.05) is 11.8 Å². The first-order chi connectivity index (χ1) is 16.3. The van der Waals surface area contributed by atoms with Crippen molar-refractivity contribution in [2.45, 2.75) is 22.2 Å². The molecule has 1 aromatic heterocycles. The second-order valence-electron chi connectivity index (χ2n) is 7.66. The number of hydrogen-bond acceptors (Lipinski definition) is 7. The SMILES string of the molecule is C[C@H](Sc1nnc(-c2ccc(F)cc2)n1C)C(=O)Nc1ccc(S(=O)(=O)N2CCOCC2)cc1. The van der Waals surface area contributed by atoms with Crippen LogP contribution in [0.3, 0.4) is 0 Å². The van der Waals surface area contributed by atoms with Crippen LogP contribution in [0.5, 0.6) is 0 Å². The number of anilines is 1. The predicted molar refractivity (Wildman–Crippen MR) is 126 cm³/mol. The lowest BCUT2D eigenvalue weighted by atomic mass is 10.2. The number of amides is 1. The number of benzene rings is 2. The highest BCUT2D eigenvalue weighted by Crippen LogP contribution is 2.27. The fraction of sp³-hybridized carbons (Fsp3) is 0.318. The molecule has 9 nitrogen and oxygen atoms in total. The van der Waals surface area contributed by atoms with Crippen LogP contribution >= 0.6 is 11.8 Å². The zero-order valence-electron chi connectivity index (χ0n) is 18.6. The molecule has 0 spiro atoms. The summed E-state index contributed by atoms with van der Waals surface area (Å²) < 4.78 is 47.0. The first-order valence-corrected chi connectivity index (χ1v) is 12.9. The maximum Gasteiger partial charge on any atom is 0.243 e. The van der Waals surface area contributed by atoms with Gasteiger partial charge in [-0.2, -0.15) is 4.31 Å². The maximum absolute atomic E-state index is 13.2. The number of rotatable bonds is 7. The molecule has 2 aromatic carbocycles. The largest absolute Gasteiger partial charge is 0.379 e. The van der Waals surface area contributed by atoms with Crippen molar-refractivity contribution in [3.8, 4) is 11.4 Å². The highest BCUT2D eigenvalue weighted by molar-refractivity contribution is 8.00. The molecule has 1 saturated heterocycles. The summed E-state index contributed by atoms with van der Waals surface area (Å²) in [6.07, 6.45) is 0. The van der Waals surface area contributed by atoms with Crippen LogP contribution in [0, 0.1) is 5.82 Å². The average Bonchev–Trinajstić information content (AvgIpc) is 3.20. The fourth-order valence-electron chi connectivity index (χ4n) is 3.37. The molecule has 1 N–H and O–H groups in total. The molecule has 0 bridgehead atoms. The average molecular weight is 506 g/mol. The van der Waals surface area contributed by atoms with E-state index in [1.165, 1.54) is 40.3 Å². The van der Waals surface area contributed by atoms with Crippen LogP contribution in [0.25, 0.3) is 11.4 Å². The molecule has 0 aliphatic carbocycles. The molecule has 1 aliphatic heterocycles. The number of carbonyl (C=O) groups is 1. The van der Waals surface area contributed by atoms with E-state index in [4.69, 9.17) is 4.74 Å². The van der Waals surface area contributed by atoms with Crippen molar-refractivity contribution in [1.29, 1.82) is 0 Å². The van der Waals surface area contributed by atoms with Gasteiger partial charge in [0.25, 0.3) is 0 Å². The van der Waals surface area contributed by atoms with Gasteiger partial charge in [0.2, 0.25) is 15.9 Å². The van der Waals surface area contributed by atoms with E-state index in [0.29, 0.717) is 48.5 Å². The standard InChI is InChI=1S/C22H24FN5O4S2/c1-15(33-22-26-25-20(27(22)2)16-3-5-17(23)6-4-16)21(29)24-18-7-9-19(10-8-18)34(30,31)28-11-13-32-14-12-28/h3-10,15H,11-14H2,1-2H3,(H,24,29)/t15-/m0/s1. The normalized spacial score (nSPS) is 15.7. The number of sulfonamides is 1. The summed E-state index contributed by atoms with van der Waals surface area (Å²) in [5, 5.41) is 11.1. The molecule has 1 aliphatic rings. The Balaban J connectivity index is 1.39. The van der Waals surface area contributed by atoms with Gasteiger partial charge >= 0.3 is 0 Å². The first-order valence-electron chi connectivity index (χ1n) is 10.6. The number of carbonyl (C=O) groups excluding carboxylic acids is 1. The third-order valence-electron chi connectivity index (χ3n) is 5.32. The summed E-state index contributed by atoms with van der Waals surface area (Å²) in [6, 6.07) is 12.0. The Labute approximate surface area is 201 Å². The lowest BCUT2D eigenvalue weighted by Gasteiger charge is -2.26. The molecule has 0 saturated carbocycles. The highest BCUT2D eigenvalue weighted by Gasteiger charge is 2.26. The van der Waals surface area contributed by atoms with E-state index in [2.05, 4.69) is 15.5 Å². The minimum absolute atomic E-state index is 0.169. The second-order valence-corrected chi connectivity index (χ2v) is 10.9. The van der Waals surface area contributed by atoms with E-state index in [9.17, 15) is 17.6 Å². The quantitative estimate of drug-likeness (QED) is 0.492. The molecule has 3 aromatic rings. The Morgan fingerprint density at radius 3 is 2.38 bits per heavy atom. The topological polar surface area (TPSA) is 106 Å². The van der Waals surface area contributed by atoms with Crippen LogP contribution in [-0.2, 0) is 26.6 Å². The van der Waals surface area contributed by atoms with E-state index >= 15 is 0 Å². The maximum atomic E-state index is 13.2. The van der Waals surface area contributed by atoms with Gasteiger partial charge in [0, 0.05) is 31.4 Å². The summed E-state index contributed by atoms with van der Waals surface area (Å²) >= 11 is 1.23. The molecule has 2 heterocycles. The molecule has 0 unspecified atom stereocenters. The predicted octanol–water partition coefficient (Wildman–Crippen LogP) is 2.76. The Kier molecular flexibility index (Phi) is 7.31. The van der Waals surface area contributed by atoms with Crippen molar-refractivity contribution >= 4 is 33.4 Å². The van der Waals surface area contributed by atoms with Gasteiger partial charge < -0.3 is 14.6 Å². The van der Waals surface area contributed by atoms with E-state index in [-0.39, 0.29) is 16.6 Å². The van der Waals surface area contributed by atoms with E-state index in [1.54, 1.807) is 42.8 Å². The van der Waals surface area contributed by atoms with Crippen molar-refractivity contribution in [2.24, 2.45) is 7.05 Å². The Bertz CT molecular complexity index is 1260. The van der Waals surface area contributed by atoms with Crippen molar-refractivity contribution in [1.82, 2.24) is 19.1 Å². The number of thioether (sulfide) groups is 1. The second kappa shape index (κ2) is 10.2. The number of nitrogens with one attached hydrogen (secondary N) is 1. The fourth-order valence-corrected chi connectivity index (χ4v) is 5.59. The van der Waals surface area contributed by atoms with Crippen molar-refractivity contribution in [2.75, 3.05) is 31.6 Å². The molecule has 0 radical (unpaired) electrons. The van der Waals surface area contributed by atoms with Gasteiger partial charge in [-0.15, -0.1) is 10.2 Å². The zero-order chi connectivity index (χ0) is 24.3. The highest BCUT2D eigenvalue weighted by atomic mass is 32.2. The summed E-state index contributed by atoms with van der Waals surface area (Å²) in [7, 11) is -1.82. The zero-order valence-corrected chi connectivity index (χ0v) is 20.3. The summed E-state index contributed by atoms with van der Waals surface area (Å²) in [6.45, 7) is 3.13. The van der Waals surface area contributed by atoms with Gasteiger partial charge in [-0.25, -0.2) is 12.8 Å². The molecule has 1 fully saturated rings. The molecule has 1 amide bonds. The summed E-state index contributed by atoms with van der Waals surface area (Å²) in [5.74, 6) is -0.0372. The van der Waals surface area contributed by atoms with Crippen LogP contribution in [0.4, 0.5) is 10.1 Å². The molecule has 180 valence electrons. The molecule has 12 heteroatoms. The molecular formula is C22H24FN5O4S2. The lowest BCUT2D eigenvalue weighted by Crippen LogP contribution is -2.40. The Morgan fingerprint density at radius 2 is 1.74 bits per heavy atom. The first kappa shape index (κ1) is 24.3. The smallest absolute Gasteiger partial charge is 0.243 e. The summed E-state index contributed by atoms with van der Waals surface area (Å²) in [5.41, 5.74) is 1.20. The Morgan fingerprint density at radius 1 is 1.09 bits per heavy atom. The monoisotopic (exact) mass is 505 g/mol. The van der Waals surface area contributed by atoms with Crippen LogP contribution in [0.15, 0.2) is 58.6 Å². The molecule has 4 rings (SSSR count). The van der Waals surface area contributed by atoms with E-state index < -0.39 is 15.3 Å². The van der Waals surface area contributed by atoms with Gasteiger partial charge in [-0.05, 0) is 55.5 Å². The lowest BCUT2D eigenvalue weighted by molar-refractivity contribution is -0.115. The number of ether oxygens (including phenoxy) is 1. The third kappa shape index (κ3) is 5.30. The summed E-state index contributed by atoms with van der Waals surface area (Å²) in [4.78, 5) is 12.9. The van der Waals surface area contributed by atoms with Gasteiger partial charge in [-0.3, -0.25) is 4.79 Å². The minimum Gasteiger partial charge on any atom is -0.379 e. The van der Waals surface area contributed by atoms with E-state index in [0.717, 1.165) is 0 Å². The van der Waals surface area contributed by atoms with Gasteiger partial charge in [0.1, 0.15) is 5.82 Å². The Hall–Kier alpha value is -2.80. The van der Waals surface area contributed by atoms with Crippen molar-refractivity contribution < 1.29 is 22.3 Å². The van der Waals surface area contributed by atoms with Gasteiger partial charge in [0.15, 0.2) is 11.0 Å². The van der Waals surface area contributed by atoms with E-state index in [1.807, 2.05) is 0 Å². The molecular weight excluding hydrogens is 481 g/mol. The van der Waals surface area contributed by atoms with Crippen LogP contribution in [0.1, 0.15) is 6.92 Å². The molecule has 34 heavy (non-hydrogen) atoms. The van der Waals surface area contributed by atoms with Crippen LogP contribution in [-0.4, -0.2) is 64.9 Å². The number of nitrogens with zero attached hydrogens (tertiary/aromatic N) is 4. The van der Waals surface area contributed by atoms with Crippen LogP contribution < -0.4 is 5.32 Å². The van der Waals surface area contributed by atoms with Gasteiger partial charge in [0.05, 0.1) is 23.4 Å². The minimum atomic E-state index is -3.59. The van der Waals surface area contributed by atoms with Crippen LogP contribution in [0.2, 0.25) is 0 Å². The molecule has 1 atom stereocenters. The van der Waals surface area contributed by atoms with Crippen molar-refractivity contribution in [3.05, 3.63) is 54.3 Å². The number of aromatic nitrogens is 3. The number of hydrogen-bond donors (Lipinski definition) is 1. The number of morpholine rings is 1. The van der Waals surface area contributed by atoms with Crippen molar-refractivity contribution in [3.63, 3.8) is 0 Å².